The Labute approximate surface area is 112 Å². The number of hydrogen-bond acceptors (Lipinski definition) is 2. The first kappa shape index (κ1) is 15.6. The van der Waals surface area contributed by atoms with E-state index < -0.39 is 23.1 Å². The Bertz CT molecular complexity index is 459. The van der Waals surface area contributed by atoms with E-state index in [2.05, 4.69) is 5.32 Å². The number of carbonyl (C=O) groups excluding carboxylic acids is 1. The van der Waals surface area contributed by atoms with Crippen molar-refractivity contribution in [2.24, 2.45) is 11.1 Å². The largest absolute Gasteiger partial charge is 0.349 e. The zero-order chi connectivity index (χ0) is 14.6. The van der Waals surface area contributed by atoms with Crippen molar-refractivity contribution in [1.82, 2.24) is 5.32 Å². The van der Waals surface area contributed by atoms with Crippen LogP contribution >= 0.6 is 0 Å². The van der Waals surface area contributed by atoms with Gasteiger partial charge in [0.05, 0.1) is 11.5 Å². The van der Waals surface area contributed by atoms with Crippen LogP contribution in [0.4, 0.5) is 8.78 Å². The highest BCUT2D eigenvalue weighted by molar-refractivity contribution is 5.82. The van der Waals surface area contributed by atoms with Crippen LogP contribution in [-0.2, 0) is 4.79 Å². The van der Waals surface area contributed by atoms with Crippen LogP contribution in [0.2, 0.25) is 0 Å². The fourth-order valence-electron chi connectivity index (χ4n) is 1.63. The maximum absolute atomic E-state index is 13.1. The molecule has 1 amide bonds. The van der Waals surface area contributed by atoms with Gasteiger partial charge < -0.3 is 11.1 Å². The number of amides is 1. The Morgan fingerprint density at radius 2 is 2.05 bits per heavy atom. The molecule has 0 bridgehead atoms. The Balaban J connectivity index is 2.82. The van der Waals surface area contributed by atoms with Gasteiger partial charge in [0.25, 0.3) is 0 Å². The van der Waals surface area contributed by atoms with E-state index in [4.69, 9.17) is 5.73 Å². The van der Waals surface area contributed by atoms with Crippen molar-refractivity contribution >= 4 is 5.91 Å². The Morgan fingerprint density at radius 3 is 2.53 bits per heavy atom. The fourth-order valence-corrected chi connectivity index (χ4v) is 1.63. The highest BCUT2D eigenvalue weighted by Gasteiger charge is 2.30. The first-order valence-corrected chi connectivity index (χ1v) is 6.30. The molecule has 1 rings (SSSR count). The third kappa shape index (κ3) is 3.50. The van der Waals surface area contributed by atoms with E-state index in [-0.39, 0.29) is 12.5 Å². The van der Waals surface area contributed by atoms with Crippen LogP contribution in [0, 0.1) is 17.0 Å². The van der Waals surface area contributed by atoms with Crippen molar-refractivity contribution in [1.29, 1.82) is 0 Å². The summed E-state index contributed by atoms with van der Waals surface area (Å²) in [6.07, 6.45) is 0.611. The predicted octanol–water partition coefficient (Wildman–Crippen LogP) is 2.52. The number of nitrogens with two attached hydrogens (primary N) is 1. The Hall–Kier alpha value is -1.49. The van der Waals surface area contributed by atoms with E-state index in [1.54, 1.807) is 13.8 Å². The molecule has 5 heteroatoms. The Kier molecular flexibility index (Phi) is 5.00. The summed E-state index contributed by atoms with van der Waals surface area (Å²) in [5.74, 6) is -2.01. The molecule has 0 saturated carbocycles. The average Bonchev–Trinajstić information content (AvgIpc) is 2.40. The topological polar surface area (TPSA) is 55.1 Å². The van der Waals surface area contributed by atoms with Gasteiger partial charge in [-0.3, -0.25) is 4.79 Å². The van der Waals surface area contributed by atoms with Gasteiger partial charge in [0.1, 0.15) is 0 Å². The zero-order valence-corrected chi connectivity index (χ0v) is 11.5. The molecule has 0 heterocycles. The standard InChI is InChI=1S/C14H20F2N2O/c1-4-14(3,8-17)13(19)18-9(2)10-5-6-11(15)12(16)7-10/h5-7,9H,4,8,17H2,1-3H3,(H,18,19). The molecule has 3 N–H and O–H groups in total. The molecule has 0 aliphatic heterocycles. The Morgan fingerprint density at radius 1 is 1.42 bits per heavy atom. The molecule has 2 atom stereocenters. The molecular formula is C14H20F2N2O. The van der Waals surface area contributed by atoms with Crippen LogP contribution in [0.25, 0.3) is 0 Å². The van der Waals surface area contributed by atoms with Crippen LogP contribution in [-0.4, -0.2) is 12.5 Å². The highest BCUT2D eigenvalue weighted by atomic mass is 19.2. The summed E-state index contributed by atoms with van der Waals surface area (Å²) in [6, 6.07) is 3.19. The predicted molar refractivity (Wildman–Crippen MR) is 70.4 cm³/mol. The molecule has 0 aliphatic rings. The second kappa shape index (κ2) is 6.10. The van der Waals surface area contributed by atoms with Crippen LogP contribution in [0.15, 0.2) is 18.2 Å². The van der Waals surface area contributed by atoms with Gasteiger partial charge in [-0.2, -0.15) is 0 Å². The molecule has 3 nitrogen and oxygen atoms in total. The SMILES string of the molecule is CCC(C)(CN)C(=O)NC(C)c1ccc(F)c(F)c1. The van der Waals surface area contributed by atoms with E-state index >= 15 is 0 Å². The molecule has 0 fully saturated rings. The van der Waals surface area contributed by atoms with E-state index in [0.29, 0.717) is 12.0 Å². The quantitative estimate of drug-likeness (QED) is 0.863. The number of benzene rings is 1. The van der Waals surface area contributed by atoms with Crippen LogP contribution in [0.5, 0.6) is 0 Å². The first-order chi connectivity index (χ1) is 8.84. The summed E-state index contributed by atoms with van der Waals surface area (Å²) in [5.41, 5.74) is 5.48. The van der Waals surface area contributed by atoms with Gasteiger partial charge in [0.15, 0.2) is 11.6 Å². The molecule has 0 saturated heterocycles. The van der Waals surface area contributed by atoms with E-state index in [1.165, 1.54) is 6.07 Å². The monoisotopic (exact) mass is 270 g/mol. The summed E-state index contributed by atoms with van der Waals surface area (Å²) in [4.78, 5) is 12.1. The number of carbonyl (C=O) groups is 1. The summed E-state index contributed by atoms with van der Waals surface area (Å²) in [7, 11) is 0. The van der Waals surface area contributed by atoms with Crippen molar-refractivity contribution in [3.63, 3.8) is 0 Å². The molecule has 0 aromatic heterocycles. The van der Waals surface area contributed by atoms with Gasteiger partial charge in [0, 0.05) is 6.54 Å². The fraction of sp³-hybridized carbons (Fsp3) is 0.500. The van der Waals surface area contributed by atoms with Crippen molar-refractivity contribution < 1.29 is 13.6 Å². The minimum Gasteiger partial charge on any atom is -0.349 e. The molecule has 0 radical (unpaired) electrons. The maximum atomic E-state index is 13.1. The third-order valence-electron chi connectivity index (χ3n) is 3.57. The van der Waals surface area contributed by atoms with Gasteiger partial charge in [-0.05, 0) is 38.0 Å². The first-order valence-electron chi connectivity index (χ1n) is 6.30. The van der Waals surface area contributed by atoms with Crippen molar-refractivity contribution in [3.05, 3.63) is 35.4 Å². The maximum Gasteiger partial charge on any atom is 0.227 e. The minimum absolute atomic E-state index is 0.185. The highest BCUT2D eigenvalue weighted by Crippen LogP contribution is 2.22. The second-order valence-electron chi connectivity index (χ2n) is 4.99. The molecule has 2 unspecified atom stereocenters. The van der Waals surface area contributed by atoms with Crippen LogP contribution in [0.1, 0.15) is 38.8 Å². The average molecular weight is 270 g/mol. The van der Waals surface area contributed by atoms with E-state index in [0.717, 1.165) is 12.1 Å². The van der Waals surface area contributed by atoms with E-state index in [1.807, 2.05) is 6.92 Å². The molecule has 0 spiro atoms. The van der Waals surface area contributed by atoms with Gasteiger partial charge >= 0.3 is 0 Å². The van der Waals surface area contributed by atoms with Crippen molar-refractivity contribution in [2.75, 3.05) is 6.54 Å². The lowest BCUT2D eigenvalue weighted by Crippen LogP contribution is -2.44. The molecule has 106 valence electrons. The van der Waals surface area contributed by atoms with Crippen molar-refractivity contribution in [2.45, 2.75) is 33.2 Å². The van der Waals surface area contributed by atoms with Gasteiger partial charge in [-0.25, -0.2) is 8.78 Å². The normalized spacial score (nSPS) is 15.7. The molecular weight excluding hydrogens is 250 g/mol. The molecule has 1 aromatic carbocycles. The summed E-state index contributed by atoms with van der Waals surface area (Å²) >= 11 is 0. The molecule has 0 aliphatic carbocycles. The second-order valence-corrected chi connectivity index (χ2v) is 4.99. The lowest BCUT2D eigenvalue weighted by molar-refractivity contribution is -0.130. The summed E-state index contributed by atoms with van der Waals surface area (Å²) in [6.45, 7) is 5.62. The number of nitrogens with one attached hydrogen (secondary N) is 1. The lowest BCUT2D eigenvalue weighted by atomic mass is 9.86. The molecule has 1 aromatic rings. The zero-order valence-electron chi connectivity index (χ0n) is 11.5. The number of halogens is 2. The molecule has 19 heavy (non-hydrogen) atoms. The smallest absolute Gasteiger partial charge is 0.227 e. The third-order valence-corrected chi connectivity index (χ3v) is 3.57. The summed E-state index contributed by atoms with van der Waals surface area (Å²) in [5, 5.41) is 2.78. The minimum atomic E-state index is -0.921. The lowest BCUT2D eigenvalue weighted by Gasteiger charge is -2.27. The van der Waals surface area contributed by atoms with E-state index in [9.17, 15) is 13.6 Å². The van der Waals surface area contributed by atoms with Gasteiger partial charge in [0.2, 0.25) is 5.91 Å². The van der Waals surface area contributed by atoms with Gasteiger partial charge in [-0.15, -0.1) is 0 Å². The van der Waals surface area contributed by atoms with Crippen LogP contribution < -0.4 is 11.1 Å². The van der Waals surface area contributed by atoms with Gasteiger partial charge in [-0.1, -0.05) is 13.0 Å². The van der Waals surface area contributed by atoms with Crippen LogP contribution in [0.3, 0.4) is 0 Å². The van der Waals surface area contributed by atoms with Crippen molar-refractivity contribution in [3.8, 4) is 0 Å². The number of rotatable bonds is 5. The summed E-state index contributed by atoms with van der Waals surface area (Å²) < 4.78 is 26.0. The number of hydrogen-bond donors (Lipinski definition) is 2.